The van der Waals surface area contributed by atoms with Crippen molar-refractivity contribution in [1.82, 2.24) is 5.43 Å². The normalized spacial score (nSPS) is 22.0. The monoisotopic (exact) mass is 280 g/mol. The van der Waals surface area contributed by atoms with Crippen LogP contribution in [-0.4, -0.2) is 6.04 Å². The van der Waals surface area contributed by atoms with E-state index in [0.717, 1.165) is 12.8 Å². The molecule has 0 bridgehead atoms. The van der Waals surface area contributed by atoms with Crippen molar-refractivity contribution in [1.29, 1.82) is 0 Å². The number of hydrogen-bond acceptors (Lipinski definition) is 2. The standard InChI is InChI=1S/C19H24N2/c1-14-7-9-15(10-8-14)11-12-19(21-20)18-13-17(18)16-5-3-2-4-6-16/h2-10,17-19,21H,11-13,20H2,1H3. The summed E-state index contributed by atoms with van der Waals surface area (Å²) in [4.78, 5) is 0. The van der Waals surface area contributed by atoms with E-state index in [0.29, 0.717) is 17.9 Å². The van der Waals surface area contributed by atoms with Gasteiger partial charge in [-0.2, -0.15) is 0 Å². The predicted octanol–water partition coefficient (Wildman–Crippen LogP) is 3.56. The molecule has 2 aromatic carbocycles. The van der Waals surface area contributed by atoms with E-state index in [4.69, 9.17) is 5.84 Å². The van der Waals surface area contributed by atoms with E-state index in [9.17, 15) is 0 Å². The minimum absolute atomic E-state index is 0.413. The van der Waals surface area contributed by atoms with Gasteiger partial charge in [0, 0.05) is 6.04 Å². The molecule has 3 N–H and O–H groups in total. The second-order valence-corrected chi connectivity index (χ2v) is 6.21. The summed E-state index contributed by atoms with van der Waals surface area (Å²) in [6.07, 6.45) is 3.45. The summed E-state index contributed by atoms with van der Waals surface area (Å²) < 4.78 is 0. The Hall–Kier alpha value is -1.64. The van der Waals surface area contributed by atoms with Crippen LogP contribution in [0.2, 0.25) is 0 Å². The molecule has 2 aromatic rings. The van der Waals surface area contributed by atoms with E-state index in [1.807, 2.05) is 0 Å². The van der Waals surface area contributed by atoms with Crippen LogP contribution in [0, 0.1) is 12.8 Å². The fourth-order valence-electron chi connectivity index (χ4n) is 3.24. The first kappa shape index (κ1) is 14.3. The molecule has 21 heavy (non-hydrogen) atoms. The topological polar surface area (TPSA) is 38.0 Å². The number of hydrogen-bond donors (Lipinski definition) is 2. The lowest BCUT2D eigenvalue weighted by Crippen LogP contribution is -2.37. The van der Waals surface area contributed by atoms with E-state index >= 15 is 0 Å². The Kier molecular flexibility index (Phi) is 4.37. The van der Waals surface area contributed by atoms with E-state index in [2.05, 4.69) is 66.9 Å². The van der Waals surface area contributed by atoms with Gasteiger partial charge >= 0.3 is 0 Å². The van der Waals surface area contributed by atoms with Gasteiger partial charge in [0.25, 0.3) is 0 Å². The average molecular weight is 280 g/mol. The van der Waals surface area contributed by atoms with Gasteiger partial charge in [0.05, 0.1) is 0 Å². The first-order valence-corrected chi connectivity index (χ1v) is 7.84. The summed E-state index contributed by atoms with van der Waals surface area (Å²) in [6, 6.07) is 20.0. The third-order valence-corrected chi connectivity index (χ3v) is 4.66. The Balaban J connectivity index is 1.56. The molecule has 1 aliphatic carbocycles. The van der Waals surface area contributed by atoms with E-state index < -0.39 is 0 Å². The van der Waals surface area contributed by atoms with E-state index in [1.54, 1.807) is 0 Å². The summed E-state index contributed by atoms with van der Waals surface area (Å²) >= 11 is 0. The highest BCUT2D eigenvalue weighted by atomic mass is 15.2. The molecule has 2 heteroatoms. The fourth-order valence-corrected chi connectivity index (χ4v) is 3.24. The molecule has 3 atom stereocenters. The van der Waals surface area contributed by atoms with Crippen molar-refractivity contribution < 1.29 is 0 Å². The van der Waals surface area contributed by atoms with Gasteiger partial charge in [-0.05, 0) is 49.1 Å². The number of hydrazine groups is 1. The van der Waals surface area contributed by atoms with Crippen molar-refractivity contribution in [2.24, 2.45) is 11.8 Å². The van der Waals surface area contributed by atoms with Crippen molar-refractivity contribution in [2.45, 2.75) is 38.1 Å². The van der Waals surface area contributed by atoms with Crippen LogP contribution >= 0.6 is 0 Å². The van der Waals surface area contributed by atoms with Crippen molar-refractivity contribution in [3.05, 3.63) is 71.3 Å². The largest absolute Gasteiger partial charge is 0.271 e. The van der Waals surface area contributed by atoms with Crippen molar-refractivity contribution in [2.75, 3.05) is 0 Å². The van der Waals surface area contributed by atoms with Crippen LogP contribution in [0.4, 0.5) is 0 Å². The Morgan fingerprint density at radius 1 is 1.10 bits per heavy atom. The zero-order valence-corrected chi connectivity index (χ0v) is 12.6. The molecule has 0 aliphatic heterocycles. The second kappa shape index (κ2) is 6.42. The second-order valence-electron chi connectivity index (χ2n) is 6.21. The Bertz CT molecular complexity index is 562. The molecule has 1 aliphatic rings. The molecule has 110 valence electrons. The van der Waals surface area contributed by atoms with Crippen molar-refractivity contribution >= 4 is 0 Å². The Labute approximate surface area is 127 Å². The van der Waals surface area contributed by atoms with Gasteiger partial charge in [-0.25, -0.2) is 0 Å². The first-order valence-electron chi connectivity index (χ1n) is 7.84. The van der Waals surface area contributed by atoms with Crippen molar-refractivity contribution in [3.8, 4) is 0 Å². The molecule has 1 fully saturated rings. The fraction of sp³-hybridized carbons (Fsp3) is 0.368. The van der Waals surface area contributed by atoms with Gasteiger partial charge in [0.15, 0.2) is 0 Å². The highest BCUT2D eigenvalue weighted by molar-refractivity contribution is 5.27. The predicted molar refractivity (Wildman–Crippen MR) is 87.9 cm³/mol. The molecule has 0 saturated heterocycles. The molecule has 2 nitrogen and oxygen atoms in total. The molecule has 3 unspecified atom stereocenters. The SMILES string of the molecule is Cc1ccc(CCC(NN)C2CC2c2ccccc2)cc1. The van der Waals surface area contributed by atoms with Gasteiger partial charge in [0.1, 0.15) is 0 Å². The van der Waals surface area contributed by atoms with Gasteiger partial charge in [-0.1, -0.05) is 60.2 Å². The zero-order chi connectivity index (χ0) is 14.7. The molecule has 0 spiro atoms. The maximum Gasteiger partial charge on any atom is 0.0248 e. The average Bonchev–Trinajstić information content (AvgIpc) is 3.31. The minimum Gasteiger partial charge on any atom is -0.271 e. The third-order valence-electron chi connectivity index (χ3n) is 4.66. The number of nitrogens with one attached hydrogen (secondary N) is 1. The summed E-state index contributed by atoms with van der Waals surface area (Å²) in [6.45, 7) is 2.13. The maximum atomic E-state index is 5.79. The molecule has 0 amide bonds. The lowest BCUT2D eigenvalue weighted by atomic mass is 9.99. The molecule has 3 rings (SSSR count). The van der Waals surface area contributed by atoms with Gasteiger partial charge in [-0.15, -0.1) is 0 Å². The van der Waals surface area contributed by atoms with Crippen LogP contribution in [0.25, 0.3) is 0 Å². The number of rotatable bonds is 6. The zero-order valence-electron chi connectivity index (χ0n) is 12.6. The summed E-state index contributed by atoms with van der Waals surface area (Å²) in [7, 11) is 0. The van der Waals surface area contributed by atoms with Crippen LogP contribution in [-0.2, 0) is 6.42 Å². The van der Waals surface area contributed by atoms with Crippen LogP contribution in [0.15, 0.2) is 54.6 Å². The van der Waals surface area contributed by atoms with Crippen LogP contribution in [0.1, 0.15) is 35.4 Å². The quantitative estimate of drug-likeness (QED) is 0.627. The van der Waals surface area contributed by atoms with Gasteiger partial charge in [0.2, 0.25) is 0 Å². The van der Waals surface area contributed by atoms with E-state index in [-0.39, 0.29) is 0 Å². The highest BCUT2D eigenvalue weighted by Crippen LogP contribution is 2.50. The van der Waals surface area contributed by atoms with E-state index in [1.165, 1.54) is 23.1 Å². The number of aryl methyl sites for hydroxylation is 2. The number of benzene rings is 2. The third kappa shape index (κ3) is 3.52. The van der Waals surface area contributed by atoms with Gasteiger partial charge < -0.3 is 0 Å². The Morgan fingerprint density at radius 3 is 2.48 bits per heavy atom. The Morgan fingerprint density at radius 2 is 1.81 bits per heavy atom. The molecular weight excluding hydrogens is 256 g/mol. The lowest BCUT2D eigenvalue weighted by molar-refractivity contribution is 0.439. The molecule has 1 saturated carbocycles. The first-order chi connectivity index (χ1) is 10.3. The molecular formula is C19H24N2. The van der Waals surface area contributed by atoms with Crippen LogP contribution in [0.3, 0.4) is 0 Å². The summed E-state index contributed by atoms with van der Waals surface area (Å²) in [5, 5.41) is 0. The lowest BCUT2D eigenvalue weighted by Gasteiger charge is -2.16. The molecule has 0 aromatic heterocycles. The number of nitrogens with two attached hydrogens (primary N) is 1. The maximum absolute atomic E-state index is 5.79. The van der Waals surface area contributed by atoms with Gasteiger partial charge in [-0.3, -0.25) is 11.3 Å². The molecule has 0 heterocycles. The van der Waals surface area contributed by atoms with Crippen LogP contribution in [0.5, 0.6) is 0 Å². The molecule has 0 radical (unpaired) electrons. The smallest absolute Gasteiger partial charge is 0.0248 e. The van der Waals surface area contributed by atoms with Crippen LogP contribution < -0.4 is 11.3 Å². The summed E-state index contributed by atoms with van der Waals surface area (Å²) in [5.74, 6) is 7.16. The van der Waals surface area contributed by atoms with Crippen molar-refractivity contribution in [3.63, 3.8) is 0 Å². The summed E-state index contributed by atoms with van der Waals surface area (Å²) in [5.41, 5.74) is 7.22. The highest BCUT2D eigenvalue weighted by Gasteiger charge is 2.43. The minimum atomic E-state index is 0.413.